The summed E-state index contributed by atoms with van der Waals surface area (Å²) < 4.78 is 0. The third-order valence-electron chi connectivity index (χ3n) is 2.05. The Kier molecular flexibility index (Phi) is 3.05. The predicted molar refractivity (Wildman–Crippen MR) is 47.2 cm³/mol. The third kappa shape index (κ3) is 2.19. The molecule has 0 radical (unpaired) electrons. The normalized spacial score (nSPS) is 26.9. The number of carbonyl (C=O) groups is 1. The van der Waals surface area contributed by atoms with Crippen LogP contribution in [0.1, 0.15) is 26.7 Å². The van der Waals surface area contributed by atoms with E-state index in [9.17, 15) is 4.79 Å². The maximum absolute atomic E-state index is 11.4. The zero-order valence-corrected chi connectivity index (χ0v) is 7.71. The lowest BCUT2D eigenvalue weighted by Gasteiger charge is -2.33. The van der Waals surface area contributed by atoms with Crippen molar-refractivity contribution < 1.29 is 4.79 Å². The lowest BCUT2D eigenvalue weighted by atomic mass is 10.1. The van der Waals surface area contributed by atoms with Crippen molar-refractivity contribution in [3.05, 3.63) is 0 Å². The fraction of sp³-hybridized carbons (Fsp3) is 0.875. The number of nitrogens with two attached hydrogens (primary N) is 1. The van der Waals surface area contributed by atoms with Gasteiger partial charge in [-0.25, -0.2) is 5.43 Å². The lowest BCUT2D eigenvalue weighted by Crippen LogP contribution is -2.55. The molecular formula is C8H17N3O. The molecule has 1 fully saturated rings. The van der Waals surface area contributed by atoms with Gasteiger partial charge in [-0.2, -0.15) is 0 Å². The van der Waals surface area contributed by atoms with E-state index >= 15 is 0 Å². The Morgan fingerprint density at radius 3 is 2.92 bits per heavy atom. The first-order chi connectivity index (χ1) is 5.61. The molecule has 1 unspecified atom stereocenters. The summed E-state index contributed by atoms with van der Waals surface area (Å²) in [6.07, 6.45) is 2.19. The number of nitrogens with one attached hydrogen (secondary N) is 1. The van der Waals surface area contributed by atoms with E-state index in [2.05, 4.69) is 12.3 Å². The molecule has 0 aromatic carbocycles. The summed E-state index contributed by atoms with van der Waals surface area (Å²) in [4.78, 5) is 11.4. The van der Waals surface area contributed by atoms with Crippen LogP contribution >= 0.6 is 0 Å². The minimum absolute atomic E-state index is 0.0125. The van der Waals surface area contributed by atoms with E-state index in [-0.39, 0.29) is 5.91 Å². The summed E-state index contributed by atoms with van der Waals surface area (Å²) in [6, 6.07) is -0.00995. The minimum atomic E-state index is -0.400. The monoisotopic (exact) mass is 171 g/mol. The molecule has 2 atom stereocenters. The van der Waals surface area contributed by atoms with E-state index in [0.717, 1.165) is 19.4 Å². The van der Waals surface area contributed by atoms with Gasteiger partial charge in [0, 0.05) is 12.6 Å². The van der Waals surface area contributed by atoms with Gasteiger partial charge in [0.15, 0.2) is 0 Å². The van der Waals surface area contributed by atoms with Crippen molar-refractivity contribution in [2.45, 2.75) is 38.8 Å². The third-order valence-corrected chi connectivity index (χ3v) is 2.05. The van der Waals surface area contributed by atoms with Gasteiger partial charge in [-0.1, -0.05) is 0 Å². The van der Waals surface area contributed by atoms with E-state index in [0.29, 0.717) is 6.04 Å². The van der Waals surface area contributed by atoms with Gasteiger partial charge in [0.2, 0.25) is 0 Å². The maximum Gasteiger partial charge on any atom is 0.253 e. The Bertz CT molecular complexity index is 170. The molecule has 1 amide bonds. The van der Waals surface area contributed by atoms with Gasteiger partial charge in [0.25, 0.3) is 5.91 Å². The fourth-order valence-corrected chi connectivity index (χ4v) is 1.37. The summed E-state index contributed by atoms with van der Waals surface area (Å²) in [5, 5.41) is 1.64. The van der Waals surface area contributed by atoms with Gasteiger partial charge < -0.3 is 5.73 Å². The van der Waals surface area contributed by atoms with Crippen LogP contribution in [0.25, 0.3) is 0 Å². The molecule has 4 heteroatoms. The smallest absolute Gasteiger partial charge is 0.253 e. The van der Waals surface area contributed by atoms with Gasteiger partial charge in [-0.3, -0.25) is 9.80 Å². The van der Waals surface area contributed by atoms with Crippen LogP contribution in [0, 0.1) is 0 Å². The average molecular weight is 171 g/mol. The average Bonchev–Trinajstić information content (AvgIpc) is 2.03. The predicted octanol–water partition coefficient (Wildman–Crippen LogP) is -0.151. The Hall–Kier alpha value is -0.610. The highest BCUT2D eigenvalue weighted by molar-refractivity contribution is 5.80. The largest absolute Gasteiger partial charge is 0.320 e. The summed E-state index contributed by atoms with van der Waals surface area (Å²) in [5.74, 6) is -0.0125. The van der Waals surface area contributed by atoms with Crippen LogP contribution in [0.3, 0.4) is 0 Å². The summed E-state index contributed by atoms with van der Waals surface area (Å²) in [6.45, 7) is 4.56. The first-order valence-electron chi connectivity index (χ1n) is 4.44. The van der Waals surface area contributed by atoms with E-state index in [4.69, 9.17) is 5.73 Å². The van der Waals surface area contributed by atoms with Crippen molar-refractivity contribution in [2.24, 2.45) is 5.73 Å². The summed E-state index contributed by atoms with van der Waals surface area (Å²) in [5.41, 5.74) is 8.58. The Morgan fingerprint density at radius 2 is 2.42 bits per heavy atom. The van der Waals surface area contributed by atoms with Crippen LogP contribution < -0.4 is 11.2 Å². The Morgan fingerprint density at radius 1 is 1.75 bits per heavy atom. The zero-order valence-electron chi connectivity index (χ0n) is 7.71. The van der Waals surface area contributed by atoms with Gasteiger partial charge in [-0.05, 0) is 26.7 Å². The molecule has 3 N–H and O–H groups in total. The van der Waals surface area contributed by atoms with Crippen LogP contribution in [0.15, 0.2) is 0 Å². The maximum atomic E-state index is 11.4. The second-order valence-corrected chi connectivity index (χ2v) is 3.45. The zero-order chi connectivity index (χ0) is 9.14. The van der Waals surface area contributed by atoms with Crippen LogP contribution in [0.2, 0.25) is 0 Å². The van der Waals surface area contributed by atoms with Gasteiger partial charge in [-0.15, -0.1) is 0 Å². The van der Waals surface area contributed by atoms with Crippen molar-refractivity contribution in [3.8, 4) is 0 Å². The quantitative estimate of drug-likeness (QED) is 0.577. The Balaban J connectivity index is 2.46. The van der Waals surface area contributed by atoms with E-state index < -0.39 is 6.04 Å². The molecule has 12 heavy (non-hydrogen) atoms. The molecule has 1 rings (SSSR count). The van der Waals surface area contributed by atoms with Crippen molar-refractivity contribution in [2.75, 3.05) is 6.54 Å². The van der Waals surface area contributed by atoms with E-state index in [1.807, 2.05) is 0 Å². The highest BCUT2D eigenvalue weighted by atomic mass is 16.2. The molecule has 4 nitrogen and oxygen atoms in total. The minimum Gasteiger partial charge on any atom is -0.320 e. The van der Waals surface area contributed by atoms with Crippen LogP contribution in [-0.4, -0.2) is 29.5 Å². The van der Waals surface area contributed by atoms with Crippen molar-refractivity contribution in [1.82, 2.24) is 10.4 Å². The molecule has 1 aliphatic heterocycles. The number of hydrogen-bond donors (Lipinski definition) is 2. The van der Waals surface area contributed by atoms with Crippen LogP contribution in [0.4, 0.5) is 0 Å². The number of amides is 1. The molecule has 0 aromatic heterocycles. The topological polar surface area (TPSA) is 58.4 Å². The highest BCUT2D eigenvalue weighted by Crippen LogP contribution is 2.06. The number of hydrazine groups is 1. The highest BCUT2D eigenvalue weighted by Gasteiger charge is 2.22. The summed E-state index contributed by atoms with van der Waals surface area (Å²) >= 11 is 0. The van der Waals surface area contributed by atoms with Gasteiger partial charge >= 0.3 is 0 Å². The molecule has 0 bridgehead atoms. The van der Waals surface area contributed by atoms with Crippen molar-refractivity contribution in [1.29, 1.82) is 0 Å². The lowest BCUT2D eigenvalue weighted by molar-refractivity contribution is -0.137. The second kappa shape index (κ2) is 3.87. The van der Waals surface area contributed by atoms with Gasteiger partial charge in [0.05, 0.1) is 6.04 Å². The second-order valence-electron chi connectivity index (χ2n) is 3.45. The number of carbonyl (C=O) groups excluding carboxylic acids is 1. The molecule has 0 aliphatic carbocycles. The SMILES string of the molecule is CC1CCCN(C(=O)[C@H](C)N)N1. The summed E-state index contributed by atoms with van der Waals surface area (Å²) in [7, 11) is 0. The number of rotatable bonds is 1. The molecule has 0 spiro atoms. The molecule has 0 aromatic rings. The Labute approximate surface area is 73.1 Å². The van der Waals surface area contributed by atoms with E-state index in [1.165, 1.54) is 0 Å². The molecule has 1 aliphatic rings. The molecular weight excluding hydrogens is 154 g/mol. The standard InChI is InChI=1S/C8H17N3O/c1-6-4-3-5-11(10-6)8(12)7(2)9/h6-7,10H,3-5,9H2,1-2H3/t6?,7-/m0/s1. The van der Waals surface area contributed by atoms with Crippen molar-refractivity contribution in [3.63, 3.8) is 0 Å². The van der Waals surface area contributed by atoms with E-state index in [1.54, 1.807) is 11.9 Å². The molecule has 1 saturated heterocycles. The molecule has 1 heterocycles. The molecule has 0 saturated carbocycles. The van der Waals surface area contributed by atoms with Crippen LogP contribution in [-0.2, 0) is 4.79 Å². The first-order valence-corrected chi connectivity index (χ1v) is 4.44. The first kappa shape index (κ1) is 9.48. The molecule has 70 valence electrons. The van der Waals surface area contributed by atoms with Gasteiger partial charge in [0.1, 0.15) is 0 Å². The van der Waals surface area contributed by atoms with Crippen molar-refractivity contribution >= 4 is 5.91 Å². The van der Waals surface area contributed by atoms with Crippen LogP contribution in [0.5, 0.6) is 0 Å². The number of nitrogens with zero attached hydrogens (tertiary/aromatic N) is 1. The fourth-order valence-electron chi connectivity index (χ4n) is 1.37. The number of hydrogen-bond acceptors (Lipinski definition) is 3.